The summed E-state index contributed by atoms with van der Waals surface area (Å²) in [6, 6.07) is 24.8. The number of hydrogen-bond acceptors (Lipinski definition) is 2. The quantitative estimate of drug-likeness (QED) is 0.274. The van der Waals surface area contributed by atoms with Gasteiger partial charge in [0.25, 0.3) is 0 Å². The fourth-order valence-corrected chi connectivity index (χ4v) is 5.18. The molecule has 0 fully saturated rings. The van der Waals surface area contributed by atoms with Gasteiger partial charge in [-0.2, -0.15) is 0 Å². The van der Waals surface area contributed by atoms with Crippen molar-refractivity contribution in [1.82, 2.24) is 0 Å². The van der Waals surface area contributed by atoms with E-state index < -0.39 is 0 Å². The second-order valence-corrected chi connectivity index (χ2v) is 8.94. The maximum atomic E-state index is 13.6. The van der Waals surface area contributed by atoms with E-state index in [1.807, 2.05) is 43.3 Å². The van der Waals surface area contributed by atoms with Crippen LogP contribution in [0.3, 0.4) is 0 Å². The maximum Gasteiger partial charge on any atom is 0.228 e. The monoisotopic (exact) mass is 451 g/mol. The molecule has 3 heteroatoms. The third-order valence-electron chi connectivity index (χ3n) is 6.88. The van der Waals surface area contributed by atoms with Gasteiger partial charge in [0.05, 0.1) is 7.11 Å². The lowest BCUT2D eigenvalue weighted by atomic mass is 9.82. The molecule has 34 heavy (non-hydrogen) atoms. The van der Waals surface area contributed by atoms with Crippen molar-refractivity contribution >= 4 is 33.1 Å². The minimum Gasteiger partial charge on any atom is -0.496 e. The standard InChI is InChI=1S/C31H33NO2/c1-6-23(20(3)4)24(7-2)31(33)32-27-18-16-21-12-8-10-14-25(21)29(27)30-26-15-11-9-13-22(26)17-19-28(30)34-5/h8-19,23-24H,3,6-7H2,1-2,4-5H3,(H,32,33)/t23-,24+/m1/s1. The predicted octanol–water partition coefficient (Wildman–Crippen LogP) is 8.24. The van der Waals surface area contributed by atoms with E-state index in [1.54, 1.807) is 7.11 Å². The van der Waals surface area contributed by atoms with Crippen LogP contribution in [0.2, 0.25) is 0 Å². The van der Waals surface area contributed by atoms with Gasteiger partial charge in [-0.25, -0.2) is 0 Å². The van der Waals surface area contributed by atoms with Gasteiger partial charge in [-0.15, -0.1) is 0 Å². The Morgan fingerprint density at radius 3 is 1.94 bits per heavy atom. The Morgan fingerprint density at radius 1 is 0.824 bits per heavy atom. The zero-order valence-corrected chi connectivity index (χ0v) is 20.5. The highest BCUT2D eigenvalue weighted by Gasteiger charge is 2.27. The van der Waals surface area contributed by atoms with Gasteiger partial charge in [0.15, 0.2) is 0 Å². The molecule has 0 heterocycles. The fourth-order valence-electron chi connectivity index (χ4n) is 5.18. The molecule has 0 aromatic heterocycles. The van der Waals surface area contributed by atoms with Gasteiger partial charge in [0, 0.05) is 22.7 Å². The third kappa shape index (κ3) is 4.31. The number of hydrogen-bond donors (Lipinski definition) is 1. The third-order valence-corrected chi connectivity index (χ3v) is 6.88. The van der Waals surface area contributed by atoms with E-state index in [-0.39, 0.29) is 17.7 Å². The molecule has 0 spiro atoms. The lowest BCUT2D eigenvalue weighted by Crippen LogP contribution is -2.29. The highest BCUT2D eigenvalue weighted by Crippen LogP contribution is 2.44. The molecule has 1 amide bonds. The Labute approximate surface area is 202 Å². The summed E-state index contributed by atoms with van der Waals surface area (Å²) in [5.41, 5.74) is 3.83. The fraction of sp³-hybridized carbons (Fsp3) is 0.258. The molecule has 0 saturated heterocycles. The summed E-state index contributed by atoms with van der Waals surface area (Å²) in [5.74, 6) is 0.844. The average Bonchev–Trinajstić information content (AvgIpc) is 2.86. The molecule has 0 saturated carbocycles. The first kappa shape index (κ1) is 23.6. The van der Waals surface area contributed by atoms with Crippen molar-refractivity contribution in [3.05, 3.63) is 84.9 Å². The number of carbonyl (C=O) groups is 1. The molecule has 3 nitrogen and oxygen atoms in total. The summed E-state index contributed by atoms with van der Waals surface area (Å²) in [5, 5.41) is 7.72. The molecule has 174 valence electrons. The van der Waals surface area contributed by atoms with Gasteiger partial charge < -0.3 is 10.1 Å². The Balaban J connectivity index is 1.95. The van der Waals surface area contributed by atoms with Crippen LogP contribution in [-0.2, 0) is 4.79 Å². The van der Waals surface area contributed by atoms with E-state index in [1.165, 1.54) is 0 Å². The van der Waals surface area contributed by atoms with Gasteiger partial charge in [-0.05, 0) is 59.4 Å². The molecular formula is C31H33NO2. The van der Waals surface area contributed by atoms with Crippen molar-refractivity contribution in [1.29, 1.82) is 0 Å². The molecule has 0 aliphatic heterocycles. The molecule has 0 radical (unpaired) electrons. The molecule has 4 aromatic rings. The number of amides is 1. The van der Waals surface area contributed by atoms with Crippen molar-refractivity contribution < 1.29 is 9.53 Å². The van der Waals surface area contributed by atoms with E-state index in [9.17, 15) is 4.79 Å². The molecule has 2 atom stereocenters. The van der Waals surface area contributed by atoms with E-state index in [2.05, 4.69) is 62.1 Å². The largest absolute Gasteiger partial charge is 0.496 e. The van der Waals surface area contributed by atoms with Crippen LogP contribution in [0.25, 0.3) is 32.7 Å². The molecule has 0 aliphatic rings. The highest BCUT2D eigenvalue weighted by molar-refractivity contribution is 6.13. The van der Waals surface area contributed by atoms with Crippen LogP contribution in [0.1, 0.15) is 33.6 Å². The van der Waals surface area contributed by atoms with Crippen molar-refractivity contribution in [2.45, 2.75) is 33.6 Å². The van der Waals surface area contributed by atoms with Crippen LogP contribution in [0, 0.1) is 11.8 Å². The molecule has 0 unspecified atom stereocenters. The molecule has 4 rings (SSSR count). The Kier molecular flexibility index (Phi) is 7.02. The van der Waals surface area contributed by atoms with E-state index in [4.69, 9.17) is 4.74 Å². The Morgan fingerprint density at radius 2 is 1.38 bits per heavy atom. The highest BCUT2D eigenvalue weighted by atomic mass is 16.5. The molecule has 1 N–H and O–H groups in total. The number of rotatable bonds is 8. The molecule has 0 bridgehead atoms. The number of allylic oxidation sites excluding steroid dienone is 1. The predicted molar refractivity (Wildman–Crippen MR) is 144 cm³/mol. The summed E-state index contributed by atoms with van der Waals surface area (Å²) >= 11 is 0. The smallest absolute Gasteiger partial charge is 0.228 e. The Bertz CT molecular complexity index is 1350. The van der Waals surface area contributed by atoms with Gasteiger partial charge in [0.2, 0.25) is 5.91 Å². The number of methoxy groups -OCH3 is 1. The van der Waals surface area contributed by atoms with Crippen molar-refractivity contribution in [3.63, 3.8) is 0 Å². The second kappa shape index (κ2) is 10.1. The SMILES string of the molecule is C=C(C)[C@@H](CC)[C@H](CC)C(=O)Nc1ccc2ccccc2c1-c1c(OC)ccc2ccccc12. The number of benzene rings is 4. The van der Waals surface area contributed by atoms with Crippen LogP contribution in [0.4, 0.5) is 5.69 Å². The average molecular weight is 452 g/mol. The van der Waals surface area contributed by atoms with E-state index in [0.29, 0.717) is 0 Å². The van der Waals surface area contributed by atoms with E-state index in [0.717, 1.165) is 62.5 Å². The van der Waals surface area contributed by atoms with Crippen LogP contribution in [-0.4, -0.2) is 13.0 Å². The van der Waals surface area contributed by atoms with Crippen LogP contribution < -0.4 is 10.1 Å². The first-order chi connectivity index (χ1) is 16.5. The number of carbonyl (C=O) groups excluding carboxylic acids is 1. The van der Waals surface area contributed by atoms with Crippen molar-refractivity contribution in [3.8, 4) is 16.9 Å². The van der Waals surface area contributed by atoms with Crippen molar-refractivity contribution in [2.75, 3.05) is 12.4 Å². The second-order valence-electron chi connectivity index (χ2n) is 8.94. The lowest BCUT2D eigenvalue weighted by Gasteiger charge is -2.26. The number of ether oxygens (including phenoxy) is 1. The number of nitrogens with one attached hydrogen (secondary N) is 1. The summed E-state index contributed by atoms with van der Waals surface area (Å²) in [7, 11) is 1.70. The van der Waals surface area contributed by atoms with Gasteiger partial charge >= 0.3 is 0 Å². The van der Waals surface area contributed by atoms with Crippen LogP contribution in [0.5, 0.6) is 5.75 Å². The topological polar surface area (TPSA) is 38.3 Å². The van der Waals surface area contributed by atoms with Gasteiger partial charge in [-0.3, -0.25) is 4.79 Å². The summed E-state index contributed by atoms with van der Waals surface area (Å²) in [6.45, 7) is 10.4. The zero-order chi connectivity index (χ0) is 24.2. The normalized spacial score (nSPS) is 12.9. The van der Waals surface area contributed by atoms with Crippen LogP contribution >= 0.6 is 0 Å². The van der Waals surface area contributed by atoms with E-state index >= 15 is 0 Å². The van der Waals surface area contributed by atoms with Gasteiger partial charge in [-0.1, -0.05) is 86.7 Å². The van der Waals surface area contributed by atoms with Crippen LogP contribution in [0.15, 0.2) is 84.9 Å². The lowest BCUT2D eigenvalue weighted by molar-refractivity contribution is -0.121. The maximum absolute atomic E-state index is 13.6. The molecule has 0 aliphatic carbocycles. The first-order valence-electron chi connectivity index (χ1n) is 12.0. The summed E-state index contributed by atoms with van der Waals surface area (Å²) < 4.78 is 5.85. The van der Waals surface area contributed by atoms with Crippen molar-refractivity contribution in [2.24, 2.45) is 11.8 Å². The molecule has 4 aromatic carbocycles. The zero-order valence-electron chi connectivity index (χ0n) is 20.5. The first-order valence-corrected chi connectivity index (χ1v) is 12.0. The number of fused-ring (bicyclic) bond motifs is 2. The molecular weight excluding hydrogens is 418 g/mol. The summed E-state index contributed by atoms with van der Waals surface area (Å²) in [4.78, 5) is 13.6. The minimum atomic E-state index is -0.128. The Hall–Kier alpha value is -3.59. The minimum absolute atomic E-state index is 0.0353. The van der Waals surface area contributed by atoms with Gasteiger partial charge in [0.1, 0.15) is 5.75 Å². The number of anilines is 1. The summed E-state index contributed by atoms with van der Waals surface area (Å²) in [6.07, 6.45) is 1.65.